The molecule has 1 atom stereocenters. The summed E-state index contributed by atoms with van der Waals surface area (Å²) in [5.74, 6) is -0.108. The zero-order valence-electron chi connectivity index (χ0n) is 15.4. The summed E-state index contributed by atoms with van der Waals surface area (Å²) in [5, 5.41) is 9.29. The number of ether oxygens (including phenoxy) is 1. The van der Waals surface area contributed by atoms with Crippen molar-refractivity contribution in [1.82, 2.24) is 9.88 Å². The fourth-order valence-corrected chi connectivity index (χ4v) is 3.65. The highest BCUT2D eigenvalue weighted by atomic mass is 16.5. The Labute approximate surface area is 154 Å². The SMILES string of the molecule is CCc1ccc(C(c2ccccc2OC)N2CCC(C(=O)O)CC2)nc1. The molecule has 1 unspecified atom stereocenters. The van der Waals surface area contributed by atoms with Gasteiger partial charge in [-0.05, 0) is 50.0 Å². The van der Waals surface area contributed by atoms with Crippen molar-refractivity contribution in [2.45, 2.75) is 32.2 Å². The molecule has 2 heterocycles. The quantitative estimate of drug-likeness (QED) is 0.860. The van der Waals surface area contributed by atoms with E-state index in [1.54, 1.807) is 7.11 Å². The summed E-state index contributed by atoms with van der Waals surface area (Å²) in [7, 11) is 1.68. The number of benzene rings is 1. The molecule has 1 aliphatic rings. The third kappa shape index (κ3) is 3.88. The smallest absolute Gasteiger partial charge is 0.306 e. The van der Waals surface area contributed by atoms with Crippen LogP contribution in [0.4, 0.5) is 0 Å². The van der Waals surface area contributed by atoms with Gasteiger partial charge in [0.25, 0.3) is 0 Å². The molecule has 1 N–H and O–H groups in total. The Morgan fingerprint density at radius 1 is 1.27 bits per heavy atom. The van der Waals surface area contributed by atoms with E-state index in [1.807, 2.05) is 24.4 Å². The van der Waals surface area contributed by atoms with E-state index in [4.69, 9.17) is 9.72 Å². The summed E-state index contributed by atoms with van der Waals surface area (Å²) in [5.41, 5.74) is 3.25. The number of piperidine rings is 1. The average Bonchev–Trinajstić information content (AvgIpc) is 2.69. The molecular weight excluding hydrogens is 328 g/mol. The number of pyridine rings is 1. The van der Waals surface area contributed by atoms with Gasteiger partial charge in [-0.3, -0.25) is 14.7 Å². The molecule has 1 fully saturated rings. The van der Waals surface area contributed by atoms with Gasteiger partial charge in [0.15, 0.2) is 0 Å². The van der Waals surface area contributed by atoms with Crippen molar-refractivity contribution >= 4 is 5.97 Å². The van der Waals surface area contributed by atoms with Crippen LogP contribution in [0.2, 0.25) is 0 Å². The largest absolute Gasteiger partial charge is 0.496 e. The normalized spacial score (nSPS) is 17.0. The van der Waals surface area contributed by atoms with Crippen LogP contribution in [0.5, 0.6) is 5.75 Å². The van der Waals surface area contributed by atoms with Crippen LogP contribution in [0.25, 0.3) is 0 Å². The zero-order valence-corrected chi connectivity index (χ0v) is 15.4. The Kier molecular flexibility index (Phi) is 5.89. The molecule has 0 amide bonds. The van der Waals surface area contributed by atoms with Gasteiger partial charge < -0.3 is 9.84 Å². The number of aryl methyl sites for hydroxylation is 1. The number of nitrogens with zero attached hydrogens (tertiary/aromatic N) is 2. The highest BCUT2D eigenvalue weighted by Crippen LogP contribution is 2.36. The van der Waals surface area contributed by atoms with E-state index >= 15 is 0 Å². The Hall–Kier alpha value is -2.40. The molecule has 1 saturated heterocycles. The lowest BCUT2D eigenvalue weighted by atomic mass is 9.92. The average molecular weight is 354 g/mol. The second-order valence-corrected chi connectivity index (χ2v) is 6.74. The molecule has 26 heavy (non-hydrogen) atoms. The van der Waals surface area contributed by atoms with Gasteiger partial charge in [-0.15, -0.1) is 0 Å². The Morgan fingerprint density at radius 2 is 2.00 bits per heavy atom. The van der Waals surface area contributed by atoms with E-state index in [-0.39, 0.29) is 12.0 Å². The number of carboxylic acids is 1. The number of aliphatic carboxylic acids is 1. The van der Waals surface area contributed by atoms with E-state index in [0.717, 1.165) is 36.5 Å². The third-order valence-corrected chi connectivity index (χ3v) is 5.21. The lowest BCUT2D eigenvalue weighted by Gasteiger charge is -2.37. The molecule has 1 aromatic heterocycles. The van der Waals surface area contributed by atoms with E-state index in [9.17, 15) is 9.90 Å². The van der Waals surface area contributed by atoms with Crippen LogP contribution >= 0.6 is 0 Å². The predicted molar refractivity (Wildman–Crippen MR) is 100 cm³/mol. The van der Waals surface area contributed by atoms with Crippen LogP contribution in [0, 0.1) is 5.92 Å². The molecule has 138 valence electrons. The number of aromatic nitrogens is 1. The maximum Gasteiger partial charge on any atom is 0.306 e. The molecule has 2 aromatic rings. The molecule has 5 nitrogen and oxygen atoms in total. The summed E-state index contributed by atoms with van der Waals surface area (Å²) in [6, 6.07) is 12.2. The molecule has 0 bridgehead atoms. The number of para-hydroxylation sites is 1. The molecular formula is C21H26N2O3. The summed E-state index contributed by atoms with van der Waals surface area (Å²) >= 11 is 0. The maximum absolute atomic E-state index is 11.3. The van der Waals surface area contributed by atoms with Crippen LogP contribution in [-0.2, 0) is 11.2 Å². The highest BCUT2D eigenvalue weighted by molar-refractivity contribution is 5.70. The van der Waals surface area contributed by atoms with Crippen molar-refractivity contribution in [2.24, 2.45) is 5.92 Å². The van der Waals surface area contributed by atoms with Crippen LogP contribution in [0.3, 0.4) is 0 Å². The fraction of sp³-hybridized carbons (Fsp3) is 0.429. The van der Waals surface area contributed by atoms with Crippen molar-refractivity contribution in [2.75, 3.05) is 20.2 Å². The number of hydrogen-bond donors (Lipinski definition) is 1. The number of likely N-dealkylation sites (tertiary alicyclic amines) is 1. The monoisotopic (exact) mass is 354 g/mol. The van der Waals surface area contributed by atoms with Crippen LogP contribution in [-0.4, -0.2) is 41.2 Å². The highest BCUT2D eigenvalue weighted by Gasteiger charge is 2.32. The van der Waals surface area contributed by atoms with Crippen LogP contribution in [0.15, 0.2) is 42.6 Å². The van der Waals surface area contributed by atoms with E-state index in [1.165, 1.54) is 5.56 Å². The van der Waals surface area contributed by atoms with Crippen molar-refractivity contribution in [3.05, 3.63) is 59.4 Å². The first-order valence-electron chi connectivity index (χ1n) is 9.18. The third-order valence-electron chi connectivity index (χ3n) is 5.21. The summed E-state index contributed by atoms with van der Waals surface area (Å²) in [6.45, 7) is 3.58. The summed E-state index contributed by atoms with van der Waals surface area (Å²) in [6.07, 6.45) is 4.21. The van der Waals surface area contributed by atoms with Crippen molar-refractivity contribution in [1.29, 1.82) is 0 Å². The molecule has 0 radical (unpaired) electrons. The Morgan fingerprint density at radius 3 is 2.58 bits per heavy atom. The van der Waals surface area contributed by atoms with Crippen LogP contribution < -0.4 is 4.74 Å². The molecule has 1 aliphatic heterocycles. The van der Waals surface area contributed by atoms with Gasteiger partial charge >= 0.3 is 5.97 Å². The first kappa shape index (κ1) is 18.4. The van der Waals surface area contributed by atoms with Gasteiger partial charge in [0.1, 0.15) is 5.75 Å². The van der Waals surface area contributed by atoms with Crippen molar-refractivity contribution in [3.8, 4) is 5.75 Å². The van der Waals surface area contributed by atoms with Gasteiger partial charge in [-0.2, -0.15) is 0 Å². The first-order valence-corrected chi connectivity index (χ1v) is 9.18. The second kappa shape index (κ2) is 8.32. The lowest BCUT2D eigenvalue weighted by molar-refractivity contribution is -0.143. The fourth-order valence-electron chi connectivity index (χ4n) is 3.65. The minimum absolute atomic E-state index is 0.0354. The summed E-state index contributed by atoms with van der Waals surface area (Å²) < 4.78 is 5.59. The molecule has 5 heteroatoms. The maximum atomic E-state index is 11.3. The molecule has 1 aromatic carbocycles. The van der Waals surface area contributed by atoms with Gasteiger partial charge in [-0.25, -0.2) is 0 Å². The lowest BCUT2D eigenvalue weighted by Crippen LogP contribution is -2.39. The Balaban J connectivity index is 1.95. The van der Waals surface area contributed by atoms with Gasteiger partial charge in [0, 0.05) is 11.8 Å². The van der Waals surface area contributed by atoms with Gasteiger partial charge in [0.05, 0.1) is 24.8 Å². The second-order valence-electron chi connectivity index (χ2n) is 6.74. The number of hydrogen-bond acceptors (Lipinski definition) is 4. The topological polar surface area (TPSA) is 62.7 Å². The molecule has 3 rings (SSSR count). The summed E-state index contributed by atoms with van der Waals surface area (Å²) in [4.78, 5) is 18.3. The Bertz CT molecular complexity index is 737. The van der Waals surface area contributed by atoms with Crippen molar-refractivity contribution in [3.63, 3.8) is 0 Å². The number of carbonyl (C=O) groups is 1. The standard InChI is InChI=1S/C21H26N2O3/c1-3-15-8-9-18(22-14-15)20(17-6-4-5-7-19(17)26-2)23-12-10-16(11-13-23)21(24)25/h4-9,14,16,20H,3,10-13H2,1-2H3,(H,24,25). The van der Waals surface area contributed by atoms with E-state index in [2.05, 4.69) is 30.0 Å². The molecule has 0 aliphatic carbocycles. The minimum atomic E-state index is -0.691. The minimum Gasteiger partial charge on any atom is -0.496 e. The number of rotatable bonds is 6. The van der Waals surface area contributed by atoms with Gasteiger partial charge in [0.2, 0.25) is 0 Å². The number of methoxy groups -OCH3 is 1. The number of carboxylic acid groups (broad SMARTS) is 1. The van der Waals surface area contributed by atoms with Crippen LogP contribution in [0.1, 0.15) is 42.6 Å². The molecule has 0 saturated carbocycles. The molecule has 0 spiro atoms. The first-order chi connectivity index (χ1) is 12.6. The van der Waals surface area contributed by atoms with Crippen molar-refractivity contribution < 1.29 is 14.6 Å². The zero-order chi connectivity index (χ0) is 18.5. The van der Waals surface area contributed by atoms with E-state index in [0.29, 0.717) is 12.8 Å². The predicted octanol–water partition coefficient (Wildman–Crippen LogP) is 3.54. The van der Waals surface area contributed by atoms with E-state index < -0.39 is 5.97 Å². The van der Waals surface area contributed by atoms with Gasteiger partial charge in [-0.1, -0.05) is 31.2 Å².